The van der Waals surface area contributed by atoms with E-state index >= 15 is 0 Å². The van der Waals surface area contributed by atoms with Gasteiger partial charge in [-0.05, 0) is 53.1 Å². The van der Waals surface area contributed by atoms with Crippen molar-refractivity contribution in [2.24, 2.45) is 5.10 Å². The molecule has 0 heterocycles. The standard InChI is InChI=1S/C22H20ClN3O2/c23-19-8-4-17(5-9-19)15-28-21-3-1-2-18(12-21)14-25-26-22(27)13-16-6-10-20(24)11-7-16/h1-12,14H,13,15,24H2,(H,26,27)/b25-14-. The summed E-state index contributed by atoms with van der Waals surface area (Å²) in [6, 6.07) is 22.1. The molecule has 0 saturated carbocycles. The summed E-state index contributed by atoms with van der Waals surface area (Å²) in [4.78, 5) is 11.9. The van der Waals surface area contributed by atoms with Crippen molar-refractivity contribution in [3.63, 3.8) is 0 Å². The third-order valence-electron chi connectivity index (χ3n) is 3.92. The average molecular weight is 394 g/mol. The maximum atomic E-state index is 11.9. The van der Waals surface area contributed by atoms with Gasteiger partial charge in [-0.1, -0.05) is 48.0 Å². The van der Waals surface area contributed by atoms with E-state index in [1.165, 1.54) is 0 Å². The molecule has 0 aromatic heterocycles. The number of anilines is 1. The number of hydrogen-bond acceptors (Lipinski definition) is 4. The lowest BCUT2D eigenvalue weighted by molar-refractivity contribution is -0.120. The Kier molecular flexibility index (Phi) is 6.65. The summed E-state index contributed by atoms with van der Waals surface area (Å²) in [6.45, 7) is 0.441. The van der Waals surface area contributed by atoms with Crippen LogP contribution in [-0.4, -0.2) is 12.1 Å². The molecule has 28 heavy (non-hydrogen) atoms. The largest absolute Gasteiger partial charge is 0.489 e. The number of carbonyl (C=O) groups excluding carboxylic acids is 1. The molecule has 0 bridgehead atoms. The first kappa shape index (κ1) is 19.5. The van der Waals surface area contributed by atoms with Gasteiger partial charge in [0.25, 0.3) is 0 Å². The number of nitrogens with one attached hydrogen (secondary N) is 1. The monoisotopic (exact) mass is 393 g/mol. The predicted octanol–water partition coefficient (Wildman–Crippen LogP) is 4.19. The number of rotatable bonds is 7. The molecule has 142 valence electrons. The van der Waals surface area contributed by atoms with E-state index in [9.17, 15) is 4.79 Å². The van der Waals surface area contributed by atoms with Gasteiger partial charge in [-0.15, -0.1) is 0 Å². The Morgan fingerprint density at radius 2 is 1.75 bits per heavy atom. The molecule has 0 aliphatic carbocycles. The number of halogens is 1. The Morgan fingerprint density at radius 3 is 2.50 bits per heavy atom. The highest BCUT2D eigenvalue weighted by Crippen LogP contribution is 2.15. The Labute approximate surface area is 168 Å². The normalized spacial score (nSPS) is 10.8. The van der Waals surface area contributed by atoms with E-state index in [1.807, 2.05) is 60.7 Å². The zero-order chi connectivity index (χ0) is 19.8. The lowest BCUT2D eigenvalue weighted by Gasteiger charge is -2.07. The van der Waals surface area contributed by atoms with Crippen molar-refractivity contribution in [2.45, 2.75) is 13.0 Å². The van der Waals surface area contributed by atoms with Crippen LogP contribution in [0.5, 0.6) is 5.75 Å². The summed E-state index contributed by atoms with van der Waals surface area (Å²) < 4.78 is 5.79. The maximum Gasteiger partial charge on any atom is 0.244 e. The summed E-state index contributed by atoms with van der Waals surface area (Å²) in [5, 5.41) is 4.70. The van der Waals surface area contributed by atoms with Crippen molar-refractivity contribution in [3.05, 3.63) is 94.5 Å². The summed E-state index contributed by atoms with van der Waals surface area (Å²) in [7, 11) is 0. The fourth-order valence-electron chi connectivity index (χ4n) is 2.47. The minimum absolute atomic E-state index is 0.198. The van der Waals surface area contributed by atoms with Crippen LogP contribution in [0.2, 0.25) is 5.02 Å². The van der Waals surface area contributed by atoms with Gasteiger partial charge in [-0.3, -0.25) is 4.79 Å². The Balaban J connectivity index is 1.51. The minimum Gasteiger partial charge on any atom is -0.489 e. The van der Waals surface area contributed by atoms with Gasteiger partial charge in [-0.2, -0.15) is 5.10 Å². The molecular weight excluding hydrogens is 374 g/mol. The molecule has 0 spiro atoms. The lowest BCUT2D eigenvalue weighted by atomic mass is 10.1. The molecule has 0 radical (unpaired) electrons. The number of nitrogens with zero attached hydrogens (tertiary/aromatic N) is 1. The average Bonchev–Trinajstić information content (AvgIpc) is 2.70. The first-order valence-electron chi connectivity index (χ1n) is 8.72. The van der Waals surface area contributed by atoms with Crippen LogP contribution >= 0.6 is 11.6 Å². The van der Waals surface area contributed by atoms with Gasteiger partial charge < -0.3 is 10.5 Å². The van der Waals surface area contributed by atoms with E-state index in [4.69, 9.17) is 22.1 Å². The van der Waals surface area contributed by atoms with Gasteiger partial charge in [-0.25, -0.2) is 5.43 Å². The fourth-order valence-corrected chi connectivity index (χ4v) is 2.60. The van der Waals surface area contributed by atoms with E-state index in [-0.39, 0.29) is 12.3 Å². The number of hydrazone groups is 1. The second-order valence-corrected chi connectivity index (χ2v) is 6.64. The zero-order valence-electron chi connectivity index (χ0n) is 15.1. The van der Waals surface area contributed by atoms with Crippen molar-refractivity contribution in [2.75, 3.05) is 5.73 Å². The SMILES string of the molecule is Nc1ccc(CC(=O)N/N=C\c2cccc(OCc3ccc(Cl)cc3)c2)cc1. The van der Waals surface area contributed by atoms with Crippen LogP contribution in [0.1, 0.15) is 16.7 Å². The van der Waals surface area contributed by atoms with Crippen LogP contribution in [0.4, 0.5) is 5.69 Å². The number of ether oxygens (including phenoxy) is 1. The Bertz CT molecular complexity index is 954. The van der Waals surface area contributed by atoms with Gasteiger partial charge >= 0.3 is 0 Å². The summed E-state index contributed by atoms with van der Waals surface area (Å²) >= 11 is 5.88. The van der Waals surface area contributed by atoms with Crippen molar-refractivity contribution in [1.29, 1.82) is 0 Å². The van der Waals surface area contributed by atoms with Crippen LogP contribution in [0.25, 0.3) is 0 Å². The third-order valence-corrected chi connectivity index (χ3v) is 4.18. The molecule has 3 aromatic carbocycles. The van der Waals surface area contributed by atoms with Gasteiger partial charge in [0.05, 0.1) is 12.6 Å². The van der Waals surface area contributed by atoms with E-state index in [0.717, 1.165) is 16.7 Å². The van der Waals surface area contributed by atoms with Gasteiger partial charge in [0.2, 0.25) is 5.91 Å². The van der Waals surface area contributed by atoms with Gasteiger partial charge in [0.15, 0.2) is 0 Å². The molecule has 3 aromatic rings. The van der Waals surface area contributed by atoms with Crippen LogP contribution < -0.4 is 15.9 Å². The topological polar surface area (TPSA) is 76.7 Å². The molecule has 0 aliphatic rings. The number of benzene rings is 3. The molecule has 0 saturated heterocycles. The zero-order valence-corrected chi connectivity index (χ0v) is 15.9. The van der Waals surface area contributed by atoms with Crippen LogP contribution in [0.15, 0.2) is 77.9 Å². The smallest absolute Gasteiger partial charge is 0.244 e. The first-order chi connectivity index (χ1) is 13.6. The Morgan fingerprint density at radius 1 is 1.04 bits per heavy atom. The molecule has 0 aliphatic heterocycles. The van der Waals surface area contributed by atoms with Crippen molar-refractivity contribution in [3.8, 4) is 5.75 Å². The maximum absolute atomic E-state index is 11.9. The van der Waals surface area contributed by atoms with E-state index in [1.54, 1.807) is 18.3 Å². The van der Waals surface area contributed by atoms with Crippen LogP contribution in [-0.2, 0) is 17.8 Å². The van der Waals surface area contributed by atoms with Gasteiger partial charge in [0, 0.05) is 10.7 Å². The van der Waals surface area contributed by atoms with Crippen LogP contribution in [0.3, 0.4) is 0 Å². The molecule has 1 amide bonds. The molecule has 0 fully saturated rings. The van der Waals surface area contributed by atoms with Crippen molar-refractivity contribution in [1.82, 2.24) is 5.43 Å². The van der Waals surface area contributed by atoms with Crippen LogP contribution in [0, 0.1) is 0 Å². The third kappa shape index (κ3) is 6.14. The van der Waals surface area contributed by atoms with E-state index < -0.39 is 0 Å². The quantitative estimate of drug-likeness (QED) is 0.359. The number of amides is 1. The van der Waals surface area contributed by atoms with Crippen molar-refractivity contribution >= 4 is 29.4 Å². The number of hydrogen-bond donors (Lipinski definition) is 2. The van der Waals surface area contributed by atoms with Crippen molar-refractivity contribution < 1.29 is 9.53 Å². The first-order valence-corrected chi connectivity index (χ1v) is 9.10. The minimum atomic E-state index is -0.198. The fraction of sp³-hybridized carbons (Fsp3) is 0.0909. The molecule has 6 heteroatoms. The van der Waals surface area contributed by atoms with E-state index in [0.29, 0.717) is 23.1 Å². The van der Waals surface area contributed by atoms with E-state index in [2.05, 4.69) is 10.5 Å². The molecule has 3 N–H and O–H groups in total. The molecule has 0 unspecified atom stereocenters. The molecule has 5 nitrogen and oxygen atoms in total. The number of carbonyl (C=O) groups is 1. The lowest BCUT2D eigenvalue weighted by Crippen LogP contribution is -2.19. The summed E-state index contributed by atoms with van der Waals surface area (Å²) in [5.41, 5.74) is 11.5. The second-order valence-electron chi connectivity index (χ2n) is 6.20. The highest BCUT2D eigenvalue weighted by Gasteiger charge is 2.02. The summed E-state index contributed by atoms with van der Waals surface area (Å²) in [5.74, 6) is 0.517. The predicted molar refractivity (Wildman–Crippen MR) is 113 cm³/mol. The molecule has 3 rings (SSSR count). The second kappa shape index (κ2) is 9.58. The number of nitrogen functional groups attached to an aromatic ring is 1. The highest BCUT2D eigenvalue weighted by atomic mass is 35.5. The van der Waals surface area contributed by atoms with Gasteiger partial charge in [0.1, 0.15) is 12.4 Å². The Hall–Kier alpha value is -3.31. The molecule has 0 atom stereocenters. The highest BCUT2D eigenvalue weighted by molar-refractivity contribution is 6.30. The number of nitrogens with two attached hydrogens (primary N) is 1. The molecular formula is C22H20ClN3O2. The summed E-state index contributed by atoms with van der Waals surface area (Å²) in [6.07, 6.45) is 1.82.